The third-order valence-electron chi connectivity index (χ3n) is 3.82. The topological polar surface area (TPSA) is 90.7 Å². The molecular formula is C16H24N2O5Si. The van der Waals surface area contributed by atoms with Crippen LogP contribution in [0.5, 0.6) is 5.75 Å². The zero-order chi connectivity index (χ0) is 18.1. The number of non-ortho nitro benzene ring substituents is 1. The number of ether oxygens (including phenoxy) is 1. The van der Waals surface area contributed by atoms with Gasteiger partial charge in [-0.15, -0.1) is 0 Å². The number of nitrogens with zero attached hydrogens (tertiary/aromatic N) is 1. The van der Waals surface area contributed by atoms with Crippen LogP contribution in [-0.4, -0.2) is 32.1 Å². The van der Waals surface area contributed by atoms with E-state index in [4.69, 9.17) is 9.16 Å². The zero-order valence-corrected chi connectivity index (χ0v) is 15.8. The number of amides is 1. The smallest absolute Gasteiger partial charge is 0.271 e. The van der Waals surface area contributed by atoms with Crippen LogP contribution in [0.15, 0.2) is 18.2 Å². The molecule has 1 aromatic rings. The minimum absolute atomic E-state index is 0.0854. The first-order chi connectivity index (χ1) is 11.1. The van der Waals surface area contributed by atoms with Crippen LogP contribution in [-0.2, 0) is 9.22 Å². The molecule has 1 aromatic carbocycles. The van der Waals surface area contributed by atoms with Gasteiger partial charge in [-0.2, -0.15) is 0 Å². The highest BCUT2D eigenvalue weighted by molar-refractivity contribution is 6.48. The van der Waals surface area contributed by atoms with Gasteiger partial charge in [0.25, 0.3) is 11.6 Å². The molecule has 0 saturated carbocycles. The van der Waals surface area contributed by atoms with Crippen LogP contribution in [0, 0.1) is 15.5 Å². The molecule has 0 aliphatic carbocycles. The molecule has 1 aliphatic heterocycles. The van der Waals surface area contributed by atoms with E-state index in [1.54, 1.807) is 0 Å². The van der Waals surface area contributed by atoms with Crippen molar-refractivity contribution in [2.75, 3.05) is 5.32 Å². The van der Waals surface area contributed by atoms with E-state index >= 15 is 0 Å². The predicted molar refractivity (Wildman–Crippen MR) is 94.0 cm³/mol. The number of hydrogen-bond acceptors (Lipinski definition) is 5. The molecule has 1 N–H and O–H groups in total. The van der Waals surface area contributed by atoms with Crippen molar-refractivity contribution in [2.45, 2.75) is 52.5 Å². The van der Waals surface area contributed by atoms with Crippen molar-refractivity contribution in [1.29, 1.82) is 0 Å². The fourth-order valence-electron chi connectivity index (χ4n) is 2.54. The first-order valence-corrected chi connectivity index (χ1v) is 10.8. The maximum absolute atomic E-state index is 12.3. The summed E-state index contributed by atoms with van der Waals surface area (Å²) in [4.78, 5) is 22.7. The quantitative estimate of drug-likeness (QED) is 0.499. The second-order valence-electron chi connectivity index (χ2n) is 7.31. The monoisotopic (exact) mass is 352 g/mol. The van der Waals surface area contributed by atoms with Crippen LogP contribution in [0.1, 0.15) is 27.2 Å². The molecule has 7 nitrogen and oxygen atoms in total. The average molecular weight is 352 g/mol. The van der Waals surface area contributed by atoms with E-state index in [-0.39, 0.29) is 23.1 Å². The number of carbonyl (C=O) groups is 1. The van der Waals surface area contributed by atoms with Crippen LogP contribution >= 0.6 is 0 Å². The third-order valence-corrected chi connectivity index (χ3v) is 4.70. The molecule has 2 rings (SSSR count). The van der Waals surface area contributed by atoms with Crippen molar-refractivity contribution in [3.05, 3.63) is 28.3 Å². The van der Waals surface area contributed by atoms with E-state index < -0.39 is 20.1 Å². The van der Waals surface area contributed by atoms with Gasteiger partial charge < -0.3 is 14.5 Å². The van der Waals surface area contributed by atoms with E-state index in [9.17, 15) is 14.9 Å². The summed E-state index contributed by atoms with van der Waals surface area (Å²) in [6.07, 6.45) is -0.327. The normalized spacial score (nSPS) is 18.6. The van der Waals surface area contributed by atoms with Crippen LogP contribution in [0.3, 0.4) is 0 Å². The number of carbonyl (C=O) groups excluding carboxylic acids is 1. The van der Waals surface area contributed by atoms with Crippen molar-refractivity contribution in [3.63, 3.8) is 0 Å². The number of nitro benzene ring substituents is 1. The Morgan fingerprint density at radius 2 is 2.08 bits per heavy atom. The number of fused-ring (bicyclic) bond motifs is 1. The Kier molecular flexibility index (Phi) is 5.29. The van der Waals surface area contributed by atoms with Crippen LogP contribution in [0.2, 0.25) is 13.1 Å². The van der Waals surface area contributed by atoms with Crippen molar-refractivity contribution < 1.29 is 18.9 Å². The van der Waals surface area contributed by atoms with Gasteiger partial charge in [-0.3, -0.25) is 14.9 Å². The lowest BCUT2D eigenvalue weighted by molar-refractivity contribution is -0.384. The highest BCUT2D eigenvalue weighted by Crippen LogP contribution is 2.35. The molecule has 132 valence electrons. The molecule has 8 heteroatoms. The summed E-state index contributed by atoms with van der Waals surface area (Å²) in [5.41, 5.74) is 0.131. The fourth-order valence-corrected chi connectivity index (χ4v) is 3.72. The van der Waals surface area contributed by atoms with E-state index in [0.29, 0.717) is 17.9 Å². The summed E-state index contributed by atoms with van der Waals surface area (Å²) >= 11 is 0. The minimum Gasteiger partial charge on any atom is -0.478 e. The molecule has 1 aliphatic rings. The van der Waals surface area contributed by atoms with Gasteiger partial charge in [0.2, 0.25) is 0 Å². The summed E-state index contributed by atoms with van der Waals surface area (Å²) in [6, 6.07) is 4.19. The molecular weight excluding hydrogens is 328 g/mol. The number of anilines is 1. The van der Waals surface area contributed by atoms with Gasteiger partial charge in [0.1, 0.15) is 5.75 Å². The van der Waals surface area contributed by atoms with Crippen molar-refractivity contribution in [3.8, 4) is 5.75 Å². The molecule has 2 atom stereocenters. The largest absolute Gasteiger partial charge is 0.478 e. The second-order valence-corrected chi connectivity index (χ2v) is 9.68. The predicted octanol–water partition coefficient (Wildman–Crippen LogP) is 3.10. The lowest BCUT2D eigenvalue weighted by Crippen LogP contribution is -2.44. The van der Waals surface area contributed by atoms with Gasteiger partial charge in [0, 0.05) is 18.6 Å². The number of nitrogens with one attached hydrogen (secondary N) is 1. The number of nitro groups is 1. The molecule has 0 saturated heterocycles. The van der Waals surface area contributed by atoms with Gasteiger partial charge in [0.15, 0.2) is 15.1 Å². The highest BCUT2D eigenvalue weighted by atomic mass is 28.3. The summed E-state index contributed by atoms with van der Waals surface area (Å²) < 4.78 is 11.9. The summed E-state index contributed by atoms with van der Waals surface area (Å²) in [5.74, 6) is 0.144. The molecule has 1 heterocycles. The zero-order valence-electron chi connectivity index (χ0n) is 14.7. The molecule has 0 aromatic heterocycles. The Labute approximate surface area is 143 Å². The minimum atomic E-state index is -1.27. The Balaban J connectivity index is 2.18. The van der Waals surface area contributed by atoms with Crippen LogP contribution < -0.4 is 10.1 Å². The van der Waals surface area contributed by atoms with Crippen molar-refractivity contribution in [1.82, 2.24) is 0 Å². The van der Waals surface area contributed by atoms with Gasteiger partial charge >= 0.3 is 0 Å². The maximum atomic E-state index is 12.3. The lowest BCUT2D eigenvalue weighted by atomic mass is 9.85. The molecule has 0 spiro atoms. The Hall–Kier alpha value is -1.93. The molecule has 0 fully saturated rings. The van der Waals surface area contributed by atoms with E-state index in [1.807, 2.05) is 0 Å². The number of hydrogen-bond donors (Lipinski definition) is 1. The molecule has 1 amide bonds. The standard InChI is InChI=1S/C16H24N2O5Si/c1-16(2,3)14(23-24(4)5)9-13-15(19)17-11-8-10(18(20)21)6-7-12(11)22-13/h6-8,13-14,24H,9H2,1-5H3,(H,17,19). The first-order valence-electron chi connectivity index (χ1n) is 7.99. The maximum Gasteiger partial charge on any atom is 0.271 e. The highest BCUT2D eigenvalue weighted by Gasteiger charge is 2.36. The van der Waals surface area contributed by atoms with Gasteiger partial charge in [-0.1, -0.05) is 20.8 Å². The van der Waals surface area contributed by atoms with Crippen LogP contribution in [0.4, 0.5) is 11.4 Å². The van der Waals surface area contributed by atoms with Crippen molar-refractivity contribution >= 4 is 26.3 Å². The fraction of sp³-hybridized carbons (Fsp3) is 0.562. The Morgan fingerprint density at radius 3 is 2.62 bits per heavy atom. The summed E-state index contributed by atoms with van der Waals surface area (Å²) in [5, 5.41) is 13.5. The van der Waals surface area contributed by atoms with Gasteiger partial charge in [-0.25, -0.2) is 0 Å². The summed E-state index contributed by atoms with van der Waals surface area (Å²) in [7, 11) is -1.27. The Bertz CT molecular complexity index is 642. The Morgan fingerprint density at radius 1 is 1.42 bits per heavy atom. The van der Waals surface area contributed by atoms with Gasteiger partial charge in [0.05, 0.1) is 16.7 Å². The lowest BCUT2D eigenvalue weighted by Gasteiger charge is -2.36. The number of benzene rings is 1. The molecule has 24 heavy (non-hydrogen) atoms. The molecule has 2 unspecified atom stereocenters. The first kappa shape index (κ1) is 18.4. The molecule has 0 bridgehead atoms. The van der Waals surface area contributed by atoms with Gasteiger partial charge in [-0.05, 0) is 24.6 Å². The van der Waals surface area contributed by atoms with E-state index in [1.165, 1.54) is 18.2 Å². The molecule has 0 radical (unpaired) electrons. The van der Waals surface area contributed by atoms with Crippen LogP contribution in [0.25, 0.3) is 0 Å². The second kappa shape index (κ2) is 6.90. The third kappa shape index (κ3) is 4.33. The van der Waals surface area contributed by atoms with Crippen molar-refractivity contribution in [2.24, 2.45) is 5.41 Å². The van der Waals surface area contributed by atoms with E-state index in [0.717, 1.165) is 0 Å². The number of rotatable bonds is 5. The SMILES string of the molecule is C[SiH](C)OC(CC1Oc2ccc([N+](=O)[O-])cc2NC1=O)C(C)(C)C. The summed E-state index contributed by atoms with van der Waals surface area (Å²) in [6.45, 7) is 10.4. The van der Waals surface area contributed by atoms with E-state index in [2.05, 4.69) is 39.2 Å². The average Bonchev–Trinajstić information content (AvgIpc) is 2.45.